The average Bonchev–Trinajstić information content (AvgIpc) is 2.92. The second-order valence-electron chi connectivity index (χ2n) is 5.94. The zero-order valence-corrected chi connectivity index (χ0v) is 16.2. The molecule has 0 bridgehead atoms. The van der Waals surface area contributed by atoms with E-state index in [0.29, 0.717) is 22.1 Å². The molecule has 7 heteroatoms. The molecular formula is C20H16Cl2N2O3. The minimum Gasteiger partial charge on any atom is -0.479 e. The predicted octanol–water partition coefficient (Wildman–Crippen LogP) is 4.59. The second-order valence-corrected chi connectivity index (χ2v) is 6.79. The summed E-state index contributed by atoms with van der Waals surface area (Å²) in [4.78, 5) is 25.3. The highest BCUT2D eigenvalue weighted by molar-refractivity contribution is 6.35. The quantitative estimate of drug-likeness (QED) is 0.702. The molecule has 0 saturated heterocycles. The molecule has 2 aromatic rings. The van der Waals surface area contributed by atoms with Crippen LogP contribution in [-0.4, -0.2) is 28.6 Å². The Morgan fingerprint density at radius 2 is 1.89 bits per heavy atom. The first-order valence-electron chi connectivity index (χ1n) is 8.19. The number of hydrogen-bond donors (Lipinski definition) is 0. The van der Waals surface area contributed by atoms with E-state index >= 15 is 0 Å². The molecule has 0 N–H and O–H groups in total. The fraction of sp³-hybridized carbons (Fsp3) is 0.150. The van der Waals surface area contributed by atoms with Crippen molar-refractivity contribution in [2.24, 2.45) is 5.10 Å². The van der Waals surface area contributed by atoms with Crippen molar-refractivity contribution in [3.05, 3.63) is 69.7 Å². The Morgan fingerprint density at radius 1 is 1.19 bits per heavy atom. The Kier molecular flexibility index (Phi) is 5.63. The summed E-state index contributed by atoms with van der Waals surface area (Å²) in [6, 6.07) is 14.0. The number of carbonyl (C=O) groups excluding carboxylic acids is 2. The molecule has 0 spiro atoms. The monoisotopic (exact) mass is 402 g/mol. The van der Waals surface area contributed by atoms with Gasteiger partial charge in [0.1, 0.15) is 5.75 Å². The SMILES string of the molecule is CC1=NN(C(=O)[C@@H](C)Oc2ccc(Cl)cc2Cl)C(=O)/C1=C\c1ccccc1. The summed E-state index contributed by atoms with van der Waals surface area (Å²) >= 11 is 11.9. The number of nitrogens with zero attached hydrogens (tertiary/aromatic N) is 2. The maximum atomic E-state index is 12.7. The van der Waals surface area contributed by atoms with Gasteiger partial charge in [-0.1, -0.05) is 53.5 Å². The van der Waals surface area contributed by atoms with Crippen LogP contribution in [0.25, 0.3) is 6.08 Å². The molecule has 0 aliphatic carbocycles. The molecule has 1 atom stereocenters. The molecule has 3 rings (SSSR count). The first-order chi connectivity index (χ1) is 12.9. The fourth-order valence-corrected chi connectivity index (χ4v) is 2.99. The van der Waals surface area contributed by atoms with Crippen molar-refractivity contribution >= 4 is 46.8 Å². The smallest absolute Gasteiger partial charge is 0.290 e. The number of amides is 2. The molecule has 0 fully saturated rings. The highest BCUT2D eigenvalue weighted by Crippen LogP contribution is 2.29. The van der Waals surface area contributed by atoms with Gasteiger partial charge in [0.05, 0.1) is 16.3 Å². The summed E-state index contributed by atoms with van der Waals surface area (Å²) in [6.45, 7) is 3.21. The molecule has 0 aromatic heterocycles. The fourth-order valence-electron chi connectivity index (χ4n) is 2.53. The number of halogens is 2. The average molecular weight is 403 g/mol. The predicted molar refractivity (Wildman–Crippen MR) is 106 cm³/mol. The van der Waals surface area contributed by atoms with Crippen molar-refractivity contribution in [1.82, 2.24) is 5.01 Å². The Balaban J connectivity index is 1.77. The van der Waals surface area contributed by atoms with Crippen LogP contribution in [0.3, 0.4) is 0 Å². The number of rotatable bonds is 4. The van der Waals surface area contributed by atoms with Crippen LogP contribution in [0.4, 0.5) is 0 Å². The molecule has 2 aromatic carbocycles. The van der Waals surface area contributed by atoms with Crippen molar-refractivity contribution in [2.75, 3.05) is 0 Å². The van der Waals surface area contributed by atoms with Gasteiger partial charge >= 0.3 is 0 Å². The molecule has 138 valence electrons. The van der Waals surface area contributed by atoms with Gasteiger partial charge in [0.15, 0.2) is 6.10 Å². The molecular weight excluding hydrogens is 387 g/mol. The van der Waals surface area contributed by atoms with Crippen LogP contribution in [0.1, 0.15) is 19.4 Å². The number of carbonyl (C=O) groups is 2. The van der Waals surface area contributed by atoms with Crippen molar-refractivity contribution in [2.45, 2.75) is 20.0 Å². The highest BCUT2D eigenvalue weighted by atomic mass is 35.5. The maximum Gasteiger partial charge on any atom is 0.290 e. The minimum atomic E-state index is -0.958. The van der Waals surface area contributed by atoms with Crippen LogP contribution in [0.15, 0.2) is 59.2 Å². The molecule has 0 unspecified atom stereocenters. The van der Waals surface area contributed by atoms with E-state index in [0.717, 1.165) is 10.6 Å². The molecule has 1 heterocycles. The minimum absolute atomic E-state index is 0.277. The lowest BCUT2D eigenvalue weighted by molar-refractivity contribution is -0.146. The van der Waals surface area contributed by atoms with Gasteiger partial charge in [0, 0.05) is 5.02 Å². The maximum absolute atomic E-state index is 12.7. The van der Waals surface area contributed by atoms with E-state index in [1.165, 1.54) is 13.0 Å². The molecule has 5 nitrogen and oxygen atoms in total. The van der Waals surface area contributed by atoms with E-state index in [9.17, 15) is 9.59 Å². The number of benzene rings is 2. The molecule has 2 amide bonds. The summed E-state index contributed by atoms with van der Waals surface area (Å²) < 4.78 is 5.59. The summed E-state index contributed by atoms with van der Waals surface area (Å²) in [5.41, 5.74) is 1.68. The number of ether oxygens (including phenoxy) is 1. The van der Waals surface area contributed by atoms with E-state index in [2.05, 4.69) is 5.10 Å². The Hall–Kier alpha value is -2.63. The van der Waals surface area contributed by atoms with Crippen LogP contribution in [-0.2, 0) is 9.59 Å². The molecule has 1 aliphatic rings. The van der Waals surface area contributed by atoms with E-state index in [-0.39, 0.29) is 5.02 Å². The van der Waals surface area contributed by atoms with Crippen LogP contribution in [0.2, 0.25) is 10.0 Å². The standard InChI is InChI=1S/C20H16Cl2N2O3/c1-12-16(10-14-6-4-3-5-7-14)20(26)24(23-12)19(25)13(2)27-18-9-8-15(21)11-17(18)22/h3-11,13H,1-2H3/b16-10-/t13-/m1/s1. The van der Waals surface area contributed by atoms with Gasteiger partial charge in [0.25, 0.3) is 11.8 Å². The molecule has 1 aliphatic heterocycles. The van der Waals surface area contributed by atoms with Crippen molar-refractivity contribution < 1.29 is 14.3 Å². The zero-order chi connectivity index (χ0) is 19.6. The van der Waals surface area contributed by atoms with Gasteiger partial charge in [-0.15, -0.1) is 0 Å². The van der Waals surface area contributed by atoms with Gasteiger partial charge < -0.3 is 4.74 Å². The lowest BCUT2D eigenvalue weighted by atomic mass is 10.1. The first-order valence-corrected chi connectivity index (χ1v) is 8.94. The van der Waals surface area contributed by atoms with Gasteiger partial charge in [-0.3, -0.25) is 9.59 Å². The number of hydrogen-bond acceptors (Lipinski definition) is 4. The first kappa shape index (κ1) is 19.1. The van der Waals surface area contributed by atoms with Crippen LogP contribution < -0.4 is 4.74 Å². The Labute approximate surface area is 166 Å². The topological polar surface area (TPSA) is 59.0 Å². The molecule has 0 radical (unpaired) electrons. The van der Waals surface area contributed by atoms with Crippen LogP contribution in [0.5, 0.6) is 5.75 Å². The van der Waals surface area contributed by atoms with Crippen molar-refractivity contribution in [3.63, 3.8) is 0 Å². The van der Waals surface area contributed by atoms with E-state index in [4.69, 9.17) is 27.9 Å². The van der Waals surface area contributed by atoms with Gasteiger partial charge in [-0.05, 0) is 43.7 Å². The summed E-state index contributed by atoms with van der Waals surface area (Å²) in [6.07, 6.45) is 0.746. The van der Waals surface area contributed by atoms with Gasteiger partial charge in [0.2, 0.25) is 0 Å². The van der Waals surface area contributed by atoms with Gasteiger partial charge in [-0.25, -0.2) is 0 Å². The van der Waals surface area contributed by atoms with E-state index in [1.807, 2.05) is 30.3 Å². The number of imide groups is 1. The van der Waals surface area contributed by atoms with Crippen LogP contribution in [0, 0.1) is 0 Å². The lowest BCUT2D eigenvalue weighted by Gasteiger charge is -2.18. The van der Waals surface area contributed by atoms with Crippen molar-refractivity contribution in [1.29, 1.82) is 0 Å². The Morgan fingerprint density at radius 3 is 2.56 bits per heavy atom. The van der Waals surface area contributed by atoms with E-state index in [1.54, 1.807) is 25.1 Å². The lowest BCUT2D eigenvalue weighted by Crippen LogP contribution is -2.39. The van der Waals surface area contributed by atoms with E-state index < -0.39 is 17.9 Å². The molecule has 0 saturated carbocycles. The third kappa shape index (κ3) is 4.21. The second kappa shape index (κ2) is 7.94. The van der Waals surface area contributed by atoms with Crippen molar-refractivity contribution in [3.8, 4) is 5.75 Å². The molecule has 27 heavy (non-hydrogen) atoms. The highest BCUT2D eigenvalue weighted by Gasteiger charge is 2.35. The normalized spacial score (nSPS) is 16.4. The third-order valence-corrected chi connectivity index (χ3v) is 4.46. The largest absolute Gasteiger partial charge is 0.479 e. The van der Waals surface area contributed by atoms with Crippen LogP contribution >= 0.6 is 23.2 Å². The van der Waals surface area contributed by atoms with Gasteiger partial charge in [-0.2, -0.15) is 10.1 Å². The zero-order valence-electron chi connectivity index (χ0n) is 14.6. The summed E-state index contributed by atoms with van der Waals surface area (Å²) in [5.74, 6) is -0.768. The summed E-state index contributed by atoms with van der Waals surface area (Å²) in [7, 11) is 0. The summed E-state index contributed by atoms with van der Waals surface area (Å²) in [5, 5.41) is 5.66. The third-order valence-electron chi connectivity index (χ3n) is 3.93. The Bertz CT molecular complexity index is 955. The number of hydrazone groups is 1.